The minimum absolute atomic E-state index is 0.149. The summed E-state index contributed by atoms with van der Waals surface area (Å²) < 4.78 is 3.27. The van der Waals surface area contributed by atoms with Crippen LogP contribution < -0.4 is 4.72 Å². The molecule has 0 fully saturated rings. The van der Waals surface area contributed by atoms with Gasteiger partial charge in [-0.3, -0.25) is 4.72 Å². The van der Waals surface area contributed by atoms with Crippen molar-refractivity contribution in [2.45, 2.75) is 6.92 Å². The molecule has 0 aliphatic rings. The van der Waals surface area contributed by atoms with E-state index in [1.807, 2.05) is 0 Å². The Balaban J connectivity index is 2.63. The van der Waals surface area contributed by atoms with Crippen LogP contribution in [-0.4, -0.2) is 19.1 Å². The summed E-state index contributed by atoms with van der Waals surface area (Å²) in [7, 11) is 0. The van der Waals surface area contributed by atoms with Crippen LogP contribution in [0, 0.1) is 0 Å². The van der Waals surface area contributed by atoms with Crippen molar-refractivity contribution in [2.24, 2.45) is 0 Å². The first-order chi connectivity index (χ1) is 2.77. The zero-order chi connectivity index (χ0) is 4.99. The van der Waals surface area contributed by atoms with Crippen molar-refractivity contribution in [1.82, 2.24) is 4.72 Å². The van der Waals surface area contributed by atoms with Gasteiger partial charge in [-0.15, -0.1) is 0 Å². The highest BCUT2D eigenvalue weighted by molar-refractivity contribution is 8.14. The molecule has 0 unspecified atom stereocenters. The van der Waals surface area contributed by atoms with E-state index >= 15 is 0 Å². The fourth-order valence-corrected chi connectivity index (χ4v) is 0.949. The molecule has 0 radical (unpaired) electrons. The van der Waals surface area contributed by atoms with Gasteiger partial charge in [-0.2, -0.15) is 0 Å². The Labute approximate surface area is 42.6 Å². The number of nitrogens with one attached hydrogen (secondary N) is 1. The smallest absolute Gasteiger partial charge is 0.00125 e. The monoisotopic (exact) mass is 107 g/mol. The molecule has 0 aromatic heterocycles. The first-order valence-electron chi connectivity index (χ1n) is 2.18. The molecule has 0 spiro atoms. The molecular weight excluding hydrogens is 94.1 g/mol. The predicted octanol–water partition coefficient (Wildman–Crippen LogP) is 0.772. The lowest BCUT2D eigenvalue weighted by Gasteiger charge is -2.06. The zero-order valence-electron chi connectivity index (χ0n) is 4.65. The molecule has 0 atom stereocenters. The largest absolute Gasteiger partial charge is 0.284 e. The fourth-order valence-electron chi connectivity index (χ4n) is 0.316. The van der Waals surface area contributed by atoms with Crippen molar-refractivity contribution in [2.75, 3.05) is 19.1 Å². The van der Waals surface area contributed by atoms with Crippen molar-refractivity contribution >= 4 is 11.1 Å². The highest BCUT2D eigenvalue weighted by atomic mass is 32.2. The van der Waals surface area contributed by atoms with E-state index in [1.165, 1.54) is 0 Å². The summed E-state index contributed by atoms with van der Waals surface area (Å²) in [6.07, 6.45) is 4.41. The minimum Gasteiger partial charge on any atom is -0.284 e. The highest BCUT2D eigenvalue weighted by Gasteiger charge is 1.75. The second kappa shape index (κ2) is 3.50. The van der Waals surface area contributed by atoms with Crippen LogP contribution in [0.3, 0.4) is 0 Å². The highest BCUT2D eigenvalue weighted by Crippen LogP contribution is 2.02. The van der Waals surface area contributed by atoms with E-state index < -0.39 is 0 Å². The molecule has 0 aromatic rings. The summed E-state index contributed by atoms with van der Waals surface area (Å²) >= 11 is 0.149. The van der Waals surface area contributed by atoms with Crippen molar-refractivity contribution in [3.63, 3.8) is 0 Å². The van der Waals surface area contributed by atoms with Gasteiger partial charge >= 0.3 is 0 Å². The SMILES string of the molecule is CCN[SH](C)C. The lowest BCUT2D eigenvalue weighted by Crippen LogP contribution is -2.05. The van der Waals surface area contributed by atoms with E-state index in [1.54, 1.807) is 0 Å². The van der Waals surface area contributed by atoms with Crippen LogP contribution in [0.4, 0.5) is 0 Å². The number of rotatable bonds is 2. The Bertz CT molecular complexity index is 28.7. The maximum atomic E-state index is 3.27. The Morgan fingerprint density at radius 3 is 2.00 bits per heavy atom. The van der Waals surface area contributed by atoms with E-state index in [-0.39, 0.29) is 11.1 Å². The molecule has 0 aliphatic heterocycles. The van der Waals surface area contributed by atoms with Gasteiger partial charge in [-0.1, -0.05) is 6.92 Å². The Morgan fingerprint density at radius 1 is 1.50 bits per heavy atom. The van der Waals surface area contributed by atoms with E-state index in [2.05, 4.69) is 24.2 Å². The lowest BCUT2D eigenvalue weighted by molar-refractivity contribution is 1.03. The summed E-state index contributed by atoms with van der Waals surface area (Å²) in [5, 5.41) is 0. The van der Waals surface area contributed by atoms with Crippen LogP contribution in [0.5, 0.6) is 0 Å². The van der Waals surface area contributed by atoms with Crippen molar-refractivity contribution in [3.05, 3.63) is 0 Å². The summed E-state index contributed by atoms with van der Waals surface area (Å²) in [6, 6.07) is 0. The van der Waals surface area contributed by atoms with Gasteiger partial charge in [0.05, 0.1) is 0 Å². The van der Waals surface area contributed by atoms with E-state index in [0.717, 1.165) is 6.54 Å². The number of hydrogen-bond donors (Lipinski definition) is 2. The van der Waals surface area contributed by atoms with Gasteiger partial charge in [0.2, 0.25) is 0 Å². The maximum absolute atomic E-state index is 3.27. The van der Waals surface area contributed by atoms with Crippen LogP contribution >= 0.6 is 11.1 Å². The minimum atomic E-state index is 0.149. The Hall–Kier alpha value is 0.310. The summed E-state index contributed by atoms with van der Waals surface area (Å²) in [4.78, 5) is 0. The first kappa shape index (κ1) is 6.31. The third-order valence-corrected chi connectivity index (χ3v) is 1.42. The average molecular weight is 107 g/mol. The molecule has 40 valence electrons. The fraction of sp³-hybridized carbons (Fsp3) is 1.00. The maximum Gasteiger partial charge on any atom is 0.00125 e. The van der Waals surface area contributed by atoms with Gasteiger partial charge in [0, 0.05) is 6.54 Å². The molecule has 0 rings (SSSR count). The van der Waals surface area contributed by atoms with Gasteiger partial charge in [-0.25, -0.2) is 11.1 Å². The van der Waals surface area contributed by atoms with Crippen LogP contribution in [0.1, 0.15) is 6.92 Å². The molecule has 0 saturated carbocycles. The predicted molar refractivity (Wildman–Crippen MR) is 34.5 cm³/mol. The van der Waals surface area contributed by atoms with Gasteiger partial charge < -0.3 is 0 Å². The topological polar surface area (TPSA) is 12.0 Å². The molecule has 0 heterocycles. The summed E-state index contributed by atoms with van der Waals surface area (Å²) in [5.41, 5.74) is 0. The second-order valence-corrected chi connectivity index (χ2v) is 3.51. The van der Waals surface area contributed by atoms with Crippen molar-refractivity contribution in [1.29, 1.82) is 0 Å². The third kappa shape index (κ3) is 4.31. The molecule has 6 heavy (non-hydrogen) atoms. The number of hydrogen-bond acceptors (Lipinski definition) is 1. The molecule has 0 aliphatic carbocycles. The second-order valence-electron chi connectivity index (χ2n) is 1.41. The molecule has 0 amide bonds. The van der Waals surface area contributed by atoms with Gasteiger partial charge in [0.15, 0.2) is 0 Å². The molecular formula is C4H13NS. The van der Waals surface area contributed by atoms with Gasteiger partial charge in [-0.05, 0) is 12.5 Å². The molecule has 1 nitrogen and oxygen atoms in total. The normalized spacial score (nSPS) is 11.5. The Kier molecular flexibility index (Phi) is 3.68. The van der Waals surface area contributed by atoms with Crippen LogP contribution in [0.2, 0.25) is 0 Å². The summed E-state index contributed by atoms with van der Waals surface area (Å²) in [5.74, 6) is 0. The number of thiol groups is 1. The molecule has 0 aromatic carbocycles. The van der Waals surface area contributed by atoms with E-state index in [9.17, 15) is 0 Å². The quantitative estimate of drug-likeness (QED) is 0.497. The summed E-state index contributed by atoms with van der Waals surface area (Å²) in [6.45, 7) is 3.24. The molecule has 1 N–H and O–H groups in total. The van der Waals surface area contributed by atoms with E-state index in [0.29, 0.717) is 0 Å². The van der Waals surface area contributed by atoms with Crippen LogP contribution in [-0.2, 0) is 0 Å². The molecule has 0 bridgehead atoms. The zero-order valence-corrected chi connectivity index (χ0v) is 5.55. The van der Waals surface area contributed by atoms with Crippen LogP contribution in [0.15, 0.2) is 0 Å². The van der Waals surface area contributed by atoms with E-state index in [4.69, 9.17) is 0 Å². The van der Waals surface area contributed by atoms with Crippen molar-refractivity contribution < 1.29 is 0 Å². The molecule has 2 heteroatoms. The van der Waals surface area contributed by atoms with Crippen molar-refractivity contribution in [3.8, 4) is 0 Å². The van der Waals surface area contributed by atoms with Crippen LogP contribution in [0.25, 0.3) is 0 Å². The molecule has 0 saturated heterocycles. The standard InChI is InChI=1S/C4H13NS/c1-4-5-6(2)3/h5-6H,4H2,1-3H3. The first-order valence-corrected chi connectivity index (χ1v) is 4.41. The third-order valence-electron chi connectivity index (χ3n) is 0.474. The Morgan fingerprint density at radius 2 is 2.00 bits per heavy atom. The average Bonchev–Trinajstić information content (AvgIpc) is 1.35. The van der Waals surface area contributed by atoms with Gasteiger partial charge in [0.25, 0.3) is 0 Å². The van der Waals surface area contributed by atoms with Gasteiger partial charge in [0.1, 0.15) is 0 Å². The lowest BCUT2D eigenvalue weighted by atomic mass is 10.8.